The molecule has 1 aromatic rings. The zero-order valence-corrected chi connectivity index (χ0v) is 12.2. The van der Waals surface area contributed by atoms with Gasteiger partial charge in [-0.05, 0) is 41.1 Å². The van der Waals surface area contributed by atoms with Gasteiger partial charge in [-0.15, -0.1) is 0 Å². The summed E-state index contributed by atoms with van der Waals surface area (Å²) in [6, 6.07) is 8.54. The quantitative estimate of drug-likeness (QED) is 0.596. The Morgan fingerprint density at radius 2 is 1.94 bits per heavy atom. The summed E-state index contributed by atoms with van der Waals surface area (Å²) in [5, 5.41) is 0. The summed E-state index contributed by atoms with van der Waals surface area (Å²) in [7, 11) is -3.27. The molecule has 0 heterocycles. The van der Waals surface area contributed by atoms with Crippen LogP contribution in [0.3, 0.4) is 0 Å². The van der Waals surface area contributed by atoms with Gasteiger partial charge in [0, 0.05) is 0 Å². The average Bonchev–Trinajstić information content (AvgIpc) is 2.30. The van der Waals surface area contributed by atoms with E-state index in [1.54, 1.807) is 30.3 Å². The van der Waals surface area contributed by atoms with Crippen molar-refractivity contribution in [3.63, 3.8) is 0 Å². The van der Waals surface area contributed by atoms with Crippen molar-refractivity contribution < 1.29 is 8.42 Å². The zero-order chi connectivity index (χ0) is 12.0. The van der Waals surface area contributed by atoms with E-state index in [0.29, 0.717) is 7.81 Å². The number of benzene rings is 1. The Balaban J connectivity index is 2.91. The smallest absolute Gasteiger partial charge is 0.212 e. The highest BCUT2D eigenvalue weighted by Crippen LogP contribution is 2.24. The fourth-order valence-corrected chi connectivity index (χ4v) is 3.39. The molecule has 0 aromatic heterocycles. The molecule has 0 saturated carbocycles. The molecule has 0 aliphatic rings. The Bertz CT molecular complexity index is 449. The van der Waals surface area contributed by atoms with Gasteiger partial charge >= 0.3 is 0 Å². The van der Waals surface area contributed by atoms with Gasteiger partial charge in [0.25, 0.3) is 0 Å². The van der Waals surface area contributed by atoms with Gasteiger partial charge < -0.3 is 0 Å². The first kappa shape index (κ1) is 13.7. The normalized spacial score (nSPS) is 12.8. The molecule has 0 aliphatic heterocycles. The molecule has 16 heavy (non-hydrogen) atoms. The summed E-state index contributed by atoms with van der Waals surface area (Å²) < 4.78 is 24.5. The van der Waals surface area contributed by atoms with Crippen LogP contribution in [0.2, 0.25) is 0 Å². The van der Waals surface area contributed by atoms with E-state index in [2.05, 4.69) is 6.92 Å². The lowest BCUT2D eigenvalue weighted by Crippen LogP contribution is -1.99. The van der Waals surface area contributed by atoms with E-state index in [4.69, 9.17) is 0 Å². The number of unbranched alkanes of at least 4 members (excludes halogenated alkanes) is 2. The van der Waals surface area contributed by atoms with Gasteiger partial charge in [-0.3, -0.25) is 0 Å². The summed E-state index contributed by atoms with van der Waals surface area (Å²) in [4.78, 5) is 0.368. The van der Waals surface area contributed by atoms with Crippen molar-refractivity contribution in [1.82, 2.24) is 0 Å². The third-order valence-electron chi connectivity index (χ3n) is 2.17. The molecule has 0 N–H and O–H groups in total. The Hall–Kier alpha value is -0.360. The second kappa shape index (κ2) is 6.39. The maximum atomic E-state index is 12.1. The molecular formula is C12H15IO2S. The number of allylic oxidation sites excluding steroid dienone is 1. The lowest BCUT2D eigenvalue weighted by Gasteiger charge is -2.02. The maximum absolute atomic E-state index is 12.1. The first-order valence-corrected chi connectivity index (χ1v) is 7.81. The molecule has 0 fully saturated rings. The van der Waals surface area contributed by atoms with E-state index in [1.165, 1.54) is 0 Å². The molecule has 0 aliphatic carbocycles. The molecule has 4 heteroatoms. The Morgan fingerprint density at radius 3 is 2.50 bits per heavy atom. The fourth-order valence-electron chi connectivity index (χ4n) is 1.24. The van der Waals surface area contributed by atoms with Crippen LogP contribution >= 0.6 is 22.6 Å². The fraction of sp³-hybridized carbons (Fsp3) is 0.333. The highest BCUT2D eigenvalue weighted by atomic mass is 127. The third-order valence-corrected chi connectivity index (χ3v) is 5.93. The van der Waals surface area contributed by atoms with E-state index in [1.807, 2.05) is 28.7 Å². The van der Waals surface area contributed by atoms with E-state index in [9.17, 15) is 8.42 Å². The molecule has 88 valence electrons. The third kappa shape index (κ3) is 3.59. The minimum atomic E-state index is -3.27. The first-order chi connectivity index (χ1) is 7.59. The summed E-state index contributed by atoms with van der Waals surface area (Å²) in [5.74, 6) is 0. The van der Waals surface area contributed by atoms with E-state index < -0.39 is 9.84 Å². The Kier molecular flexibility index (Phi) is 5.48. The zero-order valence-electron chi connectivity index (χ0n) is 9.19. The van der Waals surface area contributed by atoms with Crippen molar-refractivity contribution in [3.8, 4) is 0 Å². The maximum Gasteiger partial charge on any atom is 0.212 e. The highest BCUT2D eigenvalue weighted by molar-refractivity contribution is 14.1. The lowest BCUT2D eigenvalue weighted by atomic mass is 10.2. The summed E-state index contributed by atoms with van der Waals surface area (Å²) >= 11 is 1.90. The van der Waals surface area contributed by atoms with E-state index in [0.717, 1.165) is 19.3 Å². The van der Waals surface area contributed by atoms with E-state index in [-0.39, 0.29) is 0 Å². The van der Waals surface area contributed by atoms with Gasteiger partial charge in [0.05, 0.1) is 4.90 Å². The van der Waals surface area contributed by atoms with Crippen LogP contribution in [0.1, 0.15) is 26.2 Å². The topological polar surface area (TPSA) is 34.1 Å². The lowest BCUT2D eigenvalue weighted by molar-refractivity contribution is 0.604. The largest absolute Gasteiger partial charge is 0.218 e. The first-order valence-electron chi connectivity index (χ1n) is 5.25. The number of halogens is 1. The van der Waals surface area contributed by atoms with E-state index >= 15 is 0 Å². The molecule has 0 amide bonds. The molecule has 1 aromatic carbocycles. The van der Waals surface area contributed by atoms with Crippen LogP contribution in [0, 0.1) is 0 Å². The minimum Gasteiger partial charge on any atom is -0.218 e. The van der Waals surface area contributed by atoms with Crippen LogP contribution in [0.4, 0.5) is 0 Å². The molecular weight excluding hydrogens is 335 g/mol. The second-order valence-corrected chi connectivity index (χ2v) is 7.28. The second-order valence-electron chi connectivity index (χ2n) is 3.47. The average molecular weight is 350 g/mol. The van der Waals surface area contributed by atoms with Crippen LogP contribution in [0.25, 0.3) is 0 Å². The summed E-state index contributed by atoms with van der Waals surface area (Å²) in [6.07, 6.45) is 4.72. The Morgan fingerprint density at radius 1 is 1.31 bits per heavy atom. The van der Waals surface area contributed by atoms with Crippen LogP contribution in [-0.2, 0) is 9.84 Å². The number of rotatable bonds is 5. The molecule has 0 radical (unpaired) electrons. The van der Waals surface area contributed by atoms with Crippen molar-refractivity contribution >= 4 is 32.4 Å². The predicted octanol–water partition coefficient (Wildman–Crippen LogP) is 3.93. The molecule has 1 rings (SSSR count). The molecule has 0 atom stereocenters. The Labute approximate surface area is 111 Å². The standard InChI is InChI=1S/C12H15IO2S/c1-2-3-5-10-12(13)16(14,15)11-8-6-4-7-9-11/h4,6-10H,2-3,5H2,1H3/b12-10-. The van der Waals surface area contributed by atoms with Crippen molar-refractivity contribution in [2.75, 3.05) is 0 Å². The van der Waals surface area contributed by atoms with Gasteiger partial charge in [-0.2, -0.15) is 0 Å². The predicted molar refractivity (Wildman–Crippen MR) is 75.3 cm³/mol. The van der Waals surface area contributed by atoms with Crippen LogP contribution < -0.4 is 0 Å². The van der Waals surface area contributed by atoms with Crippen LogP contribution in [0.15, 0.2) is 44.2 Å². The number of hydrogen-bond donors (Lipinski definition) is 0. The van der Waals surface area contributed by atoms with Gasteiger partial charge in [0.15, 0.2) is 0 Å². The van der Waals surface area contributed by atoms with Crippen molar-refractivity contribution in [2.24, 2.45) is 0 Å². The number of sulfone groups is 1. The van der Waals surface area contributed by atoms with Crippen molar-refractivity contribution in [1.29, 1.82) is 0 Å². The molecule has 0 spiro atoms. The van der Waals surface area contributed by atoms with Gasteiger partial charge in [-0.1, -0.05) is 44.0 Å². The highest BCUT2D eigenvalue weighted by Gasteiger charge is 2.17. The molecule has 2 nitrogen and oxygen atoms in total. The van der Waals surface area contributed by atoms with Gasteiger partial charge in [-0.25, -0.2) is 8.42 Å². The van der Waals surface area contributed by atoms with Gasteiger partial charge in [0.1, 0.15) is 2.91 Å². The molecule has 0 unspecified atom stereocenters. The minimum absolute atomic E-state index is 0.368. The monoisotopic (exact) mass is 350 g/mol. The van der Waals surface area contributed by atoms with Crippen LogP contribution in [0.5, 0.6) is 0 Å². The van der Waals surface area contributed by atoms with Crippen LogP contribution in [-0.4, -0.2) is 8.42 Å². The molecule has 0 saturated heterocycles. The summed E-state index contributed by atoms with van der Waals surface area (Å²) in [6.45, 7) is 2.09. The van der Waals surface area contributed by atoms with Gasteiger partial charge in [0.2, 0.25) is 9.84 Å². The van der Waals surface area contributed by atoms with Crippen molar-refractivity contribution in [3.05, 3.63) is 39.3 Å². The SMILES string of the molecule is CCCC/C=C(/I)S(=O)(=O)c1ccccc1. The van der Waals surface area contributed by atoms with Crippen molar-refractivity contribution in [2.45, 2.75) is 31.1 Å². The molecule has 0 bridgehead atoms. The number of hydrogen-bond acceptors (Lipinski definition) is 2. The summed E-state index contributed by atoms with van der Waals surface area (Å²) in [5.41, 5.74) is 0.